The van der Waals surface area contributed by atoms with Gasteiger partial charge in [0.05, 0.1) is 0 Å². The van der Waals surface area contributed by atoms with Crippen LogP contribution in [0.3, 0.4) is 0 Å². The maximum atomic E-state index is 5.59. The van der Waals surface area contributed by atoms with Gasteiger partial charge in [-0.2, -0.15) is 0 Å². The van der Waals surface area contributed by atoms with Crippen LogP contribution in [-0.4, -0.2) is 13.2 Å². The molecule has 19 heavy (non-hydrogen) atoms. The third-order valence-electron chi connectivity index (χ3n) is 5.40. The van der Waals surface area contributed by atoms with E-state index in [1.165, 1.54) is 51.4 Å². The minimum absolute atomic E-state index is 0.857. The van der Waals surface area contributed by atoms with E-state index in [0.717, 1.165) is 36.9 Å². The molecule has 0 aromatic heterocycles. The molecule has 0 heterocycles. The first-order chi connectivity index (χ1) is 9.33. The molecule has 0 spiro atoms. The summed E-state index contributed by atoms with van der Waals surface area (Å²) in [6.45, 7) is 6.16. The molecule has 0 radical (unpaired) electrons. The number of ether oxygens (including phenoxy) is 1. The minimum Gasteiger partial charge on any atom is -0.381 e. The molecule has 0 saturated heterocycles. The summed E-state index contributed by atoms with van der Waals surface area (Å²) in [7, 11) is 0. The van der Waals surface area contributed by atoms with Crippen molar-refractivity contribution in [3.63, 3.8) is 0 Å². The fourth-order valence-electron chi connectivity index (χ4n) is 4.19. The van der Waals surface area contributed by atoms with Crippen molar-refractivity contribution >= 4 is 0 Å². The molecule has 0 amide bonds. The predicted molar refractivity (Wildman–Crippen MR) is 82.2 cm³/mol. The van der Waals surface area contributed by atoms with Crippen LogP contribution in [-0.2, 0) is 4.74 Å². The molecule has 0 unspecified atom stereocenters. The molecule has 0 bridgehead atoms. The second kappa shape index (κ2) is 8.09. The fourth-order valence-corrected chi connectivity index (χ4v) is 4.19. The normalized spacial score (nSPS) is 36.7. The van der Waals surface area contributed by atoms with Crippen LogP contribution in [0.2, 0.25) is 0 Å². The first-order valence-electron chi connectivity index (χ1n) is 8.54. The van der Waals surface area contributed by atoms with E-state index in [4.69, 9.17) is 4.74 Å². The standard InChI is InChI=1S/C18H32O/c1-3-5-15-6-10-17(11-7-15)18-12-8-16(9-13-18)14-19-4-2/h3,5,15-18H,4,6-14H2,1-2H3/b5-3+. The van der Waals surface area contributed by atoms with Crippen LogP contribution in [0.5, 0.6) is 0 Å². The van der Waals surface area contributed by atoms with Gasteiger partial charge in [-0.1, -0.05) is 12.2 Å². The average molecular weight is 264 g/mol. The summed E-state index contributed by atoms with van der Waals surface area (Å²) < 4.78 is 5.59. The van der Waals surface area contributed by atoms with Crippen molar-refractivity contribution in [1.82, 2.24) is 0 Å². The van der Waals surface area contributed by atoms with E-state index in [0.29, 0.717) is 0 Å². The SMILES string of the molecule is C/C=C/C1CCC(C2CCC(COCC)CC2)CC1. The molecule has 0 atom stereocenters. The zero-order valence-electron chi connectivity index (χ0n) is 12.9. The molecule has 2 fully saturated rings. The van der Waals surface area contributed by atoms with Crippen molar-refractivity contribution in [1.29, 1.82) is 0 Å². The smallest absolute Gasteiger partial charge is 0.0494 e. The summed E-state index contributed by atoms with van der Waals surface area (Å²) in [5.41, 5.74) is 0. The zero-order chi connectivity index (χ0) is 13.5. The number of rotatable bonds is 5. The summed E-state index contributed by atoms with van der Waals surface area (Å²) in [4.78, 5) is 0. The first-order valence-corrected chi connectivity index (χ1v) is 8.54. The van der Waals surface area contributed by atoms with Gasteiger partial charge in [-0.3, -0.25) is 0 Å². The summed E-state index contributed by atoms with van der Waals surface area (Å²) in [5.74, 6) is 3.81. The lowest BCUT2D eigenvalue weighted by molar-refractivity contribution is 0.0727. The minimum atomic E-state index is 0.857. The van der Waals surface area contributed by atoms with Gasteiger partial charge in [0.25, 0.3) is 0 Å². The van der Waals surface area contributed by atoms with E-state index in [1.807, 2.05) is 0 Å². The van der Waals surface area contributed by atoms with Crippen LogP contribution in [0.4, 0.5) is 0 Å². The monoisotopic (exact) mass is 264 g/mol. The van der Waals surface area contributed by atoms with Gasteiger partial charge in [0.1, 0.15) is 0 Å². The zero-order valence-corrected chi connectivity index (χ0v) is 12.9. The third kappa shape index (κ3) is 4.63. The van der Waals surface area contributed by atoms with Gasteiger partial charge in [-0.25, -0.2) is 0 Å². The Balaban J connectivity index is 1.68. The van der Waals surface area contributed by atoms with Crippen molar-refractivity contribution in [2.24, 2.45) is 23.7 Å². The number of hydrogen-bond donors (Lipinski definition) is 0. The second-order valence-electron chi connectivity index (χ2n) is 6.64. The summed E-state index contributed by atoms with van der Waals surface area (Å²) in [6.07, 6.45) is 16.3. The molecule has 2 aliphatic carbocycles. The molecule has 0 aliphatic heterocycles. The summed E-state index contributed by atoms with van der Waals surface area (Å²) >= 11 is 0. The molecule has 2 rings (SSSR count). The van der Waals surface area contributed by atoms with Gasteiger partial charge < -0.3 is 4.74 Å². The van der Waals surface area contributed by atoms with E-state index in [-0.39, 0.29) is 0 Å². The molecule has 1 nitrogen and oxygen atoms in total. The third-order valence-corrected chi connectivity index (χ3v) is 5.40. The topological polar surface area (TPSA) is 9.23 Å². The Labute approximate surface area is 119 Å². The van der Waals surface area contributed by atoms with Crippen molar-refractivity contribution in [3.8, 4) is 0 Å². The highest BCUT2D eigenvalue weighted by Gasteiger charge is 2.30. The van der Waals surface area contributed by atoms with E-state index in [1.54, 1.807) is 0 Å². The van der Waals surface area contributed by atoms with Crippen LogP contribution in [0.15, 0.2) is 12.2 Å². The molecule has 2 saturated carbocycles. The average Bonchev–Trinajstić information content (AvgIpc) is 2.47. The highest BCUT2D eigenvalue weighted by Crippen LogP contribution is 2.41. The molecule has 110 valence electrons. The largest absolute Gasteiger partial charge is 0.381 e. The van der Waals surface area contributed by atoms with E-state index in [2.05, 4.69) is 26.0 Å². The Hall–Kier alpha value is -0.300. The van der Waals surface area contributed by atoms with E-state index >= 15 is 0 Å². The Morgan fingerprint density at radius 3 is 2.00 bits per heavy atom. The van der Waals surface area contributed by atoms with Gasteiger partial charge in [0.2, 0.25) is 0 Å². The Morgan fingerprint density at radius 2 is 1.47 bits per heavy atom. The Kier molecular flexibility index (Phi) is 6.43. The lowest BCUT2D eigenvalue weighted by Gasteiger charge is -2.37. The van der Waals surface area contributed by atoms with E-state index < -0.39 is 0 Å². The quantitative estimate of drug-likeness (QED) is 0.619. The van der Waals surface area contributed by atoms with Crippen molar-refractivity contribution in [2.75, 3.05) is 13.2 Å². The Morgan fingerprint density at radius 1 is 0.895 bits per heavy atom. The van der Waals surface area contributed by atoms with Gasteiger partial charge >= 0.3 is 0 Å². The highest BCUT2D eigenvalue weighted by atomic mass is 16.5. The van der Waals surface area contributed by atoms with Gasteiger partial charge in [0, 0.05) is 13.2 Å². The number of hydrogen-bond acceptors (Lipinski definition) is 1. The van der Waals surface area contributed by atoms with Crippen LogP contribution in [0.25, 0.3) is 0 Å². The molecule has 1 heteroatoms. The van der Waals surface area contributed by atoms with Crippen LogP contribution in [0.1, 0.15) is 65.2 Å². The summed E-state index contributed by atoms with van der Waals surface area (Å²) in [6, 6.07) is 0. The van der Waals surface area contributed by atoms with Gasteiger partial charge in [-0.15, -0.1) is 0 Å². The van der Waals surface area contributed by atoms with Crippen molar-refractivity contribution < 1.29 is 4.74 Å². The molecule has 0 aromatic rings. The molecule has 0 N–H and O–H groups in total. The maximum absolute atomic E-state index is 5.59. The summed E-state index contributed by atoms with van der Waals surface area (Å²) in [5, 5.41) is 0. The molecular formula is C18H32O. The molecule has 0 aromatic carbocycles. The van der Waals surface area contributed by atoms with Crippen molar-refractivity contribution in [2.45, 2.75) is 65.2 Å². The van der Waals surface area contributed by atoms with Crippen LogP contribution >= 0.6 is 0 Å². The van der Waals surface area contributed by atoms with Crippen LogP contribution in [0, 0.1) is 23.7 Å². The lowest BCUT2D eigenvalue weighted by Crippen LogP contribution is -2.26. The molecular weight excluding hydrogens is 232 g/mol. The second-order valence-corrected chi connectivity index (χ2v) is 6.64. The molecule has 2 aliphatic rings. The fraction of sp³-hybridized carbons (Fsp3) is 0.889. The van der Waals surface area contributed by atoms with Crippen molar-refractivity contribution in [3.05, 3.63) is 12.2 Å². The lowest BCUT2D eigenvalue weighted by atomic mass is 9.69. The predicted octanol–water partition coefficient (Wildman–Crippen LogP) is 5.21. The van der Waals surface area contributed by atoms with Gasteiger partial charge in [-0.05, 0) is 88.9 Å². The first kappa shape index (κ1) is 15.1. The number of allylic oxidation sites excluding steroid dienone is 2. The highest BCUT2D eigenvalue weighted by molar-refractivity contribution is 4.90. The Bertz CT molecular complexity index is 255. The van der Waals surface area contributed by atoms with Gasteiger partial charge in [0.15, 0.2) is 0 Å². The van der Waals surface area contributed by atoms with Crippen LogP contribution < -0.4 is 0 Å². The maximum Gasteiger partial charge on any atom is 0.0494 e. The van der Waals surface area contributed by atoms with E-state index in [9.17, 15) is 0 Å².